The third-order valence-electron chi connectivity index (χ3n) is 1.86. The van der Waals surface area contributed by atoms with Crippen molar-refractivity contribution in [3.63, 3.8) is 0 Å². The molecule has 0 amide bonds. The maximum Gasteiger partial charge on any atom is 0.345 e. The molecule has 76 valence electrons. The van der Waals surface area contributed by atoms with Crippen LogP contribution >= 0.6 is 27.5 Å². The molecule has 0 saturated heterocycles. The third-order valence-corrected chi connectivity index (χ3v) is 3.16. The van der Waals surface area contributed by atoms with E-state index in [1.165, 1.54) is 12.1 Å². The zero-order valence-electron chi connectivity index (χ0n) is 7.22. The SMILES string of the molecule is CC(F)(C(=O)O)c1cccc(Br)c1Cl. The van der Waals surface area contributed by atoms with E-state index < -0.39 is 11.6 Å². The van der Waals surface area contributed by atoms with Crippen LogP contribution in [-0.2, 0) is 10.5 Å². The molecule has 0 radical (unpaired) electrons. The van der Waals surface area contributed by atoms with Crippen molar-refractivity contribution in [2.24, 2.45) is 0 Å². The predicted octanol–water partition coefficient (Wildman–Crippen LogP) is 3.37. The van der Waals surface area contributed by atoms with Gasteiger partial charge in [-0.3, -0.25) is 0 Å². The van der Waals surface area contributed by atoms with E-state index in [4.69, 9.17) is 16.7 Å². The highest BCUT2D eigenvalue weighted by molar-refractivity contribution is 9.10. The van der Waals surface area contributed by atoms with Gasteiger partial charge in [-0.15, -0.1) is 0 Å². The van der Waals surface area contributed by atoms with Gasteiger partial charge in [0.1, 0.15) is 0 Å². The molecule has 0 bridgehead atoms. The summed E-state index contributed by atoms with van der Waals surface area (Å²) in [6, 6.07) is 4.50. The third kappa shape index (κ3) is 1.91. The molecule has 2 nitrogen and oxygen atoms in total. The Bertz CT molecular complexity index is 379. The first-order chi connectivity index (χ1) is 6.37. The Morgan fingerprint density at radius 1 is 1.64 bits per heavy atom. The highest BCUT2D eigenvalue weighted by Crippen LogP contribution is 2.35. The van der Waals surface area contributed by atoms with Gasteiger partial charge in [0.15, 0.2) is 0 Å². The zero-order chi connectivity index (χ0) is 10.9. The zero-order valence-corrected chi connectivity index (χ0v) is 9.56. The smallest absolute Gasteiger partial charge is 0.345 e. The Morgan fingerprint density at radius 2 is 2.21 bits per heavy atom. The average molecular weight is 282 g/mol. The van der Waals surface area contributed by atoms with E-state index in [-0.39, 0.29) is 10.6 Å². The number of alkyl halides is 1. The van der Waals surface area contributed by atoms with E-state index in [0.717, 1.165) is 6.92 Å². The van der Waals surface area contributed by atoms with Crippen molar-refractivity contribution in [1.29, 1.82) is 0 Å². The van der Waals surface area contributed by atoms with Crippen LogP contribution in [0.15, 0.2) is 22.7 Å². The van der Waals surface area contributed by atoms with Crippen LogP contribution in [0, 0.1) is 0 Å². The molecule has 1 aromatic carbocycles. The molecule has 1 atom stereocenters. The van der Waals surface area contributed by atoms with Crippen LogP contribution in [0.4, 0.5) is 4.39 Å². The molecule has 0 aromatic heterocycles. The van der Waals surface area contributed by atoms with Gasteiger partial charge < -0.3 is 5.11 Å². The van der Waals surface area contributed by atoms with E-state index in [9.17, 15) is 9.18 Å². The summed E-state index contributed by atoms with van der Waals surface area (Å²) in [4.78, 5) is 10.6. The molecule has 0 fully saturated rings. The number of benzene rings is 1. The molecule has 14 heavy (non-hydrogen) atoms. The lowest BCUT2D eigenvalue weighted by molar-refractivity contribution is -0.150. The minimum Gasteiger partial charge on any atom is -0.479 e. The van der Waals surface area contributed by atoms with E-state index in [0.29, 0.717) is 4.47 Å². The molecule has 1 rings (SSSR count). The largest absolute Gasteiger partial charge is 0.479 e. The van der Waals surface area contributed by atoms with Gasteiger partial charge in [0.25, 0.3) is 0 Å². The van der Waals surface area contributed by atoms with Gasteiger partial charge in [-0.25, -0.2) is 9.18 Å². The van der Waals surface area contributed by atoms with E-state index in [2.05, 4.69) is 15.9 Å². The van der Waals surface area contributed by atoms with Crippen molar-refractivity contribution in [2.75, 3.05) is 0 Å². The van der Waals surface area contributed by atoms with Crippen LogP contribution in [0.25, 0.3) is 0 Å². The van der Waals surface area contributed by atoms with Gasteiger partial charge in [-0.2, -0.15) is 0 Å². The molecule has 5 heteroatoms. The highest BCUT2D eigenvalue weighted by Gasteiger charge is 2.37. The van der Waals surface area contributed by atoms with Crippen molar-refractivity contribution in [1.82, 2.24) is 0 Å². The van der Waals surface area contributed by atoms with Gasteiger partial charge in [0.2, 0.25) is 5.67 Å². The highest BCUT2D eigenvalue weighted by atomic mass is 79.9. The second-order valence-electron chi connectivity index (χ2n) is 2.91. The molecule has 0 aliphatic carbocycles. The minimum absolute atomic E-state index is 0.0546. The summed E-state index contributed by atoms with van der Waals surface area (Å²) in [6.07, 6.45) is 0. The molecule has 0 heterocycles. The second kappa shape index (κ2) is 3.87. The summed E-state index contributed by atoms with van der Waals surface area (Å²) < 4.78 is 14.2. The average Bonchev–Trinajstić information content (AvgIpc) is 2.09. The first-order valence-electron chi connectivity index (χ1n) is 3.74. The predicted molar refractivity (Wildman–Crippen MR) is 55.2 cm³/mol. The quantitative estimate of drug-likeness (QED) is 0.902. The number of aliphatic carboxylic acids is 1. The summed E-state index contributed by atoms with van der Waals surface area (Å²) >= 11 is 8.87. The fourth-order valence-electron chi connectivity index (χ4n) is 0.982. The summed E-state index contributed by atoms with van der Waals surface area (Å²) in [5, 5.41) is 8.74. The van der Waals surface area contributed by atoms with Crippen LogP contribution in [0.5, 0.6) is 0 Å². The van der Waals surface area contributed by atoms with Gasteiger partial charge >= 0.3 is 5.97 Å². The van der Waals surface area contributed by atoms with Crippen molar-refractivity contribution >= 4 is 33.5 Å². The standard InChI is InChI=1S/C9H7BrClFO2/c1-9(12,8(13)14)5-3-2-4-6(10)7(5)11/h2-4H,1H3,(H,13,14). The lowest BCUT2D eigenvalue weighted by atomic mass is 9.98. The van der Waals surface area contributed by atoms with Gasteiger partial charge in [0.05, 0.1) is 5.02 Å². The molecule has 1 aromatic rings. The van der Waals surface area contributed by atoms with Crippen LogP contribution in [0.1, 0.15) is 12.5 Å². The molecule has 0 aliphatic heterocycles. The first kappa shape index (κ1) is 11.5. The van der Waals surface area contributed by atoms with Gasteiger partial charge in [-0.05, 0) is 28.9 Å². The van der Waals surface area contributed by atoms with Crippen molar-refractivity contribution in [2.45, 2.75) is 12.6 Å². The van der Waals surface area contributed by atoms with Crippen LogP contribution in [-0.4, -0.2) is 11.1 Å². The number of carboxylic acid groups (broad SMARTS) is 1. The topological polar surface area (TPSA) is 37.3 Å². The van der Waals surface area contributed by atoms with E-state index >= 15 is 0 Å². The summed E-state index contributed by atoms with van der Waals surface area (Å²) in [7, 11) is 0. The van der Waals surface area contributed by atoms with Crippen LogP contribution < -0.4 is 0 Å². The number of hydrogen-bond donors (Lipinski definition) is 1. The van der Waals surface area contributed by atoms with E-state index in [1.807, 2.05) is 0 Å². The fourth-order valence-corrected chi connectivity index (χ4v) is 1.65. The Hall–Kier alpha value is -0.610. The Labute approximate surface area is 93.8 Å². The Balaban J connectivity index is 3.33. The molecule has 1 unspecified atom stereocenters. The summed E-state index contributed by atoms with van der Waals surface area (Å²) in [6.45, 7) is 0.961. The molecular formula is C9H7BrClFO2. The number of halogens is 3. The Morgan fingerprint density at radius 3 is 2.71 bits per heavy atom. The van der Waals surface area contributed by atoms with Crippen molar-refractivity contribution in [3.05, 3.63) is 33.3 Å². The lowest BCUT2D eigenvalue weighted by Gasteiger charge is -2.17. The molecule has 0 saturated carbocycles. The van der Waals surface area contributed by atoms with Crippen molar-refractivity contribution < 1.29 is 14.3 Å². The van der Waals surface area contributed by atoms with Crippen LogP contribution in [0.2, 0.25) is 5.02 Å². The van der Waals surface area contributed by atoms with Gasteiger partial charge in [0, 0.05) is 10.0 Å². The molecule has 0 aliphatic rings. The normalized spacial score (nSPS) is 14.9. The molecular weight excluding hydrogens is 274 g/mol. The summed E-state index contributed by atoms with van der Waals surface area (Å²) in [5.74, 6) is -1.56. The van der Waals surface area contributed by atoms with Gasteiger partial charge in [-0.1, -0.05) is 23.7 Å². The molecule has 1 N–H and O–H groups in total. The monoisotopic (exact) mass is 280 g/mol. The summed E-state index contributed by atoms with van der Waals surface area (Å²) in [5.41, 5.74) is -2.53. The first-order valence-corrected chi connectivity index (χ1v) is 4.91. The number of carbonyl (C=O) groups is 1. The Kier molecular flexibility index (Phi) is 3.17. The lowest BCUT2D eigenvalue weighted by Crippen LogP contribution is -2.27. The minimum atomic E-state index is -2.47. The van der Waals surface area contributed by atoms with Crippen LogP contribution in [0.3, 0.4) is 0 Å². The number of rotatable bonds is 2. The number of hydrogen-bond acceptors (Lipinski definition) is 1. The van der Waals surface area contributed by atoms with Crippen molar-refractivity contribution in [3.8, 4) is 0 Å². The van der Waals surface area contributed by atoms with E-state index in [1.54, 1.807) is 6.07 Å². The fraction of sp³-hybridized carbons (Fsp3) is 0.222. The number of carboxylic acids is 1. The second-order valence-corrected chi connectivity index (χ2v) is 4.14. The maximum absolute atomic E-state index is 13.7. The molecule has 0 spiro atoms. The maximum atomic E-state index is 13.7.